The Kier molecular flexibility index (Phi) is 5.31. The number of nitrogens with zero attached hydrogens (tertiary/aromatic N) is 1. The molecule has 106 valence electrons. The van der Waals surface area contributed by atoms with E-state index >= 15 is 0 Å². The normalized spacial score (nSPS) is 15.6. The van der Waals surface area contributed by atoms with E-state index in [1.54, 1.807) is 6.20 Å². The predicted octanol–water partition coefficient (Wildman–Crippen LogP) is 3.78. The van der Waals surface area contributed by atoms with E-state index in [1.807, 2.05) is 12.3 Å². The summed E-state index contributed by atoms with van der Waals surface area (Å²) in [5.74, 6) is 0.963. The van der Waals surface area contributed by atoms with Crippen molar-refractivity contribution in [3.05, 3.63) is 66.0 Å². The summed E-state index contributed by atoms with van der Waals surface area (Å²) in [5.41, 5.74) is 9.09. The Balaban J connectivity index is 2.19. The molecule has 2 nitrogen and oxygen atoms in total. The van der Waals surface area contributed by atoms with E-state index in [1.165, 1.54) is 11.1 Å². The highest BCUT2D eigenvalue weighted by atomic mass is 14.7. The smallest absolute Gasteiger partial charge is 0.0300 e. The molecule has 0 amide bonds. The minimum Gasteiger partial charge on any atom is -0.327 e. The van der Waals surface area contributed by atoms with Crippen LogP contribution in [0.3, 0.4) is 0 Å². The average Bonchev–Trinajstić information content (AvgIpc) is 2.49. The highest BCUT2D eigenvalue weighted by Crippen LogP contribution is 2.30. The van der Waals surface area contributed by atoms with Crippen LogP contribution >= 0.6 is 0 Å². The number of rotatable bonds is 6. The van der Waals surface area contributed by atoms with Gasteiger partial charge in [-0.3, -0.25) is 4.98 Å². The van der Waals surface area contributed by atoms with Gasteiger partial charge in [0.15, 0.2) is 0 Å². The van der Waals surface area contributed by atoms with Crippen molar-refractivity contribution in [3.63, 3.8) is 0 Å². The lowest BCUT2D eigenvalue weighted by atomic mass is 9.78. The van der Waals surface area contributed by atoms with Gasteiger partial charge < -0.3 is 5.73 Å². The number of hydrogen-bond donors (Lipinski definition) is 1. The Morgan fingerprint density at radius 1 is 1.10 bits per heavy atom. The molecule has 3 unspecified atom stereocenters. The Hall–Kier alpha value is -1.67. The van der Waals surface area contributed by atoms with Crippen LogP contribution in [0.4, 0.5) is 0 Å². The molecule has 0 fully saturated rings. The third-order valence-electron chi connectivity index (χ3n) is 4.10. The fraction of sp³-hybridized carbons (Fsp3) is 0.389. The highest BCUT2D eigenvalue weighted by Gasteiger charge is 2.24. The van der Waals surface area contributed by atoms with Gasteiger partial charge in [-0.05, 0) is 29.5 Å². The van der Waals surface area contributed by atoms with Crippen LogP contribution in [0.25, 0.3) is 0 Å². The van der Waals surface area contributed by atoms with Crippen LogP contribution in [-0.4, -0.2) is 11.0 Å². The third kappa shape index (κ3) is 3.67. The van der Waals surface area contributed by atoms with Crippen molar-refractivity contribution < 1.29 is 0 Å². The van der Waals surface area contributed by atoms with Gasteiger partial charge in [0, 0.05) is 24.4 Å². The van der Waals surface area contributed by atoms with Gasteiger partial charge in [0.05, 0.1) is 0 Å². The van der Waals surface area contributed by atoms with Gasteiger partial charge in [0.2, 0.25) is 0 Å². The molecule has 1 heterocycles. The van der Waals surface area contributed by atoms with Crippen LogP contribution < -0.4 is 5.73 Å². The predicted molar refractivity (Wildman–Crippen MR) is 84.6 cm³/mol. The first-order valence-electron chi connectivity index (χ1n) is 7.41. The Bertz CT molecular complexity index is 495. The van der Waals surface area contributed by atoms with Crippen LogP contribution in [0.1, 0.15) is 37.3 Å². The topological polar surface area (TPSA) is 38.9 Å². The lowest BCUT2D eigenvalue weighted by Crippen LogP contribution is -2.34. The first-order valence-corrected chi connectivity index (χ1v) is 7.41. The molecule has 1 aromatic heterocycles. The van der Waals surface area contributed by atoms with Gasteiger partial charge in [0.1, 0.15) is 0 Å². The minimum absolute atomic E-state index is 0.122. The van der Waals surface area contributed by atoms with Crippen molar-refractivity contribution in [2.75, 3.05) is 0 Å². The summed E-state index contributed by atoms with van der Waals surface area (Å²) in [6.07, 6.45) is 5.73. The summed E-state index contributed by atoms with van der Waals surface area (Å²) in [6, 6.07) is 14.8. The summed E-state index contributed by atoms with van der Waals surface area (Å²) in [7, 11) is 0. The van der Waals surface area contributed by atoms with Crippen molar-refractivity contribution in [2.24, 2.45) is 11.7 Å². The van der Waals surface area contributed by atoms with E-state index in [2.05, 4.69) is 55.2 Å². The molecule has 2 heteroatoms. The average molecular weight is 268 g/mol. The second-order valence-corrected chi connectivity index (χ2v) is 5.55. The molecule has 1 aromatic carbocycles. The van der Waals surface area contributed by atoms with Crippen molar-refractivity contribution >= 4 is 0 Å². The molecule has 0 aliphatic heterocycles. The summed E-state index contributed by atoms with van der Waals surface area (Å²) in [6.45, 7) is 4.53. The highest BCUT2D eigenvalue weighted by molar-refractivity contribution is 5.23. The van der Waals surface area contributed by atoms with E-state index in [4.69, 9.17) is 5.73 Å². The van der Waals surface area contributed by atoms with Crippen molar-refractivity contribution in [2.45, 2.75) is 38.6 Å². The summed E-state index contributed by atoms with van der Waals surface area (Å²) >= 11 is 0. The zero-order valence-corrected chi connectivity index (χ0v) is 12.4. The van der Waals surface area contributed by atoms with Gasteiger partial charge in [-0.15, -0.1) is 0 Å². The summed E-state index contributed by atoms with van der Waals surface area (Å²) in [5, 5.41) is 0. The quantitative estimate of drug-likeness (QED) is 0.866. The van der Waals surface area contributed by atoms with Crippen molar-refractivity contribution in [1.29, 1.82) is 0 Å². The molecule has 0 bridgehead atoms. The van der Waals surface area contributed by atoms with Gasteiger partial charge in [-0.1, -0.05) is 56.7 Å². The molecule has 0 aliphatic carbocycles. The first-order chi connectivity index (χ1) is 9.72. The van der Waals surface area contributed by atoms with Crippen LogP contribution in [0, 0.1) is 5.92 Å². The SMILES string of the molecule is CCC(C)C(c1ccccc1)C(N)Cc1cccnc1. The Labute approximate surface area is 122 Å². The zero-order valence-electron chi connectivity index (χ0n) is 12.4. The van der Waals surface area contributed by atoms with E-state index in [0.29, 0.717) is 11.8 Å². The maximum Gasteiger partial charge on any atom is 0.0300 e. The molecule has 2 rings (SSSR count). The lowest BCUT2D eigenvalue weighted by molar-refractivity contribution is 0.379. The minimum atomic E-state index is 0.122. The molecule has 0 aliphatic rings. The van der Waals surface area contributed by atoms with E-state index < -0.39 is 0 Å². The van der Waals surface area contributed by atoms with E-state index in [0.717, 1.165) is 12.8 Å². The van der Waals surface area contributed by atoms with Gasteiger partial charge in [-0.2, -0.15) is 0 Å². The van der Waals surface area contributed by atoms with Crippen LogP contribution in [-0.2, 0) is 6.42 Å². The third-order valence-corrected chi connectivity index (χ3v) is 4.10. The number of pyridine rings is 1. The molecule has 0 saturated heterocycles. The summed E-state index contributed by atoms with van der Waals surface area (Å²) in [4.78, 5) is 4.18. The van der Waals surface area contributed by atoms with Gasteiger partial charge >= 0.3 is 0 Å². The molecule has 2 N–H and O–H groups in total. The number of hydrogen-bond acceptors (Lipinski definition) is 2. The fourth-order valence-electron chi connectivity index (χ4n) is 2.84. The maximum atomic E-state index is 6.53. The molecule has 0 saturated carbocycles. The van der Waals surface area contributed by atoms with Crippen molar-refractivity contribution in [1.82, 2.24) is 4.98 Å². The Morgan fingerprint density at radius 2 is 1.85 bits per heavy atom. The summed E-state index contributed by atoms with van der Waals surface area (Å²) < 4.78 is 0. The number of benzene rings is 1. The maximum absolute atomic E-state index is 6.53. The van der Waals surface area contributed by atoms with Crippen molar-refractivity contribution in [3.8, 4) is 0 Å². The van der Waals surface area contributed by atoms with Crippen LogP contribution in [0.15, 0.2) is 54.9 Å². The van der Waals surface area contributed by atoms with E-state index in [9.17, 15) is 0 Å². The standard InChI is InChI=1S/C18H24N2/c1-3-14(2)18(16-9-5-4-6-10-16)17(19)12-15-8-7-11-20-13-15/h4-11,13-14,17-18H,3,12,19H2,1-2H3. The molecular weight excluding hydrogens is 244 g/mol. The second-order valence-electron chi connectivity index (χ2n) is 5.55. The van der Waals surface area contributed by atoms with Gasteiger partial charge in [-0.25, -0.2) is 0 Å². The van der Waals surface area contributed by atoms with Gasteiger partial charge in [0.25, 0.3) is 0 Å². The molecular formula is C18H24N2. The molecule has 20 heavy (non-hydrogen) atoms. The Morgan fingerprint density at radius 3 is 2.45 bits per heavy atom. The molecule has 3 atom stereocenters. The van der Waals surface area contributed by atoms with Crippen LogP contribution in [0.2, 0.25) is 0 Å². The second kappa shape index (κ2) is 7.20. The molecule has 2 aromatic rings. The molecule has 0 radical (unpaired) electrons. The monoisotopic (exact) mass is 268 g/mol. The number of aromatic nitrogens is 1. The lowest BCUT2D eigenvalue weighted by Gasteiger charge is -2.29. The molecule has 0 spiro atoms. The number of nitrogens with two attached hydrogens (primary N) is 1. The van der Waals surface area contributed by atoms with E-state index in [-0.39, 0.29) is 6.04 Å². The fourth-order valence-corrected chi connectivity index (χ4v) is 2.84. The zero-order chi connectivity index (χ0) is 14.4. The van der Waals surface area contributed by atoms with Crippen LogP contribution in [0.5, 0.6) is 0 Å². The largest absolute Gasteiger partial charge is 0.327 e. The first kappa shape index (κ1) is 14.7.